The maximum Gasteiger partial charge on any atom is 0.246 e. The van der Waals surface area contributed by atoms with Gasteiger partial charge in [-0.2, -0.15) is 5.26 Å². The van der Waals surface area contributed by atoms with Gasteiger partial charge in [0.15, 0.2) is 5.82 Å². The van der Waals surface area contributed by atoms with E-state index in [-0.39, 0.29) is 18.4 Å². The second-order valence-corrected chi connectivity index (χ2v) is 12.0. The van der Waals surface area contributed by atoms with Crippen LogP contribution in [-0.4, -0.2) is 84.1 Å². The van der Waals surface area contributed by atoms with E-state index in [0.717, 1.165) is 43.0 Å². The minimum atomic E-state index is -0.216. The minimum absolute atomic E-state index is 0.128. The van der Waals surface area contributed by atoms with Gasteiger partial charge >= 0.3 is 0 Å². The zero-order valence-electron chi connectivity index (χ0n) is 25.3. The first-order chi connectivity index (χ1) is 21.0. The summed E-state index contributed by atoms with van der Waals surface area (Å²) >= 11 is 0. The molecule has 2 saturated heterocycles. The number of rotatable bonds is 8. The molecule has 0 spiro atoms. The number of aryl methyl sites for hydroxylation is 1. The van der Waals surface area contributed by atoms with Gasteiger partial charge in [0.05, 0.1) is 37.4 Å². The fourth-order valence-electron chi connectivity index (χ4n) is 6.97. The number of hydrogen-bond acceptors (Lipinski definition) is 8. The molecule has 1 amide bonds. The fraction of sp³-hybridized carbons (Fsp3) is 0.471. The number of benzene rings is 2. The molecule has 0 unspecified atom stereocenters. The van der Waals surface area contributed by atoms with Gasteiger partial charge in [-0.25, -0.2) is 9.97 Å². The topological polar surface area (TPSA) is 88.8 Å². The quantitative estimate of drug-likeness (QED) is 0.367. The van der Waals surface area contributed by atoms with E-state index in [1.165, 1.54) is 34.5 Å². The van der Waals surface area contributed by atoms with Gasteiger partial charge in [0.25, 0.3) is 0 Å². The lowest BCUT2D eigenvalue weighted by Crippen LogP contribution is -2.55. The summed E-state index contributed by atoms with van der Waals surface area (Å²) in [5.41, 5.74) is 4.68. The minimum Gasteiger partial charge on any atom is -0.372 e. The summed E-state index contributed by atoms with van der Waals surface area (Å²) in [5.74, 6) is 1.48. The van der Waals surface area contributed by atoms with Gasteiger partial charge in [0.2, 0.25) is 5.91 Å². The molecule has 3 aliphatic heterocycles. The average molecular weight is 580 g/mol. The number of likely N-dealkylation sites (N-methyl/N-ethyl adjacent to an activating group) is 1. The molecule has 1 aromatic heterocycles. The first kappa shape index (κ1) is 29.1. The lowest BCUT2D eigenvalue weighted by Gasteiger charge is -2.42. The Labute approximate surface area is 254 Å². The molecule has 0 aliphatic carbocycles. The van der Waals surface area contributed by atoms with E-state index < -0.39 is 0 Å². The summed E-state index contributed by atoms with van der Waals surface area (Å²) in [5, 5.41) is 12.1. The van der Waals surface area contributed by atoms with Crippen LogP contribution < -0.4 is 9.80 Å². The molecule has 0 radical (unpaired) electrons. The Bertz CT molecular complexity index is 1540. The van der Waals surface area contributed by atoms with Crippen molar-refractivity contribution in [2.75, 3.05) is 56.2 Å². The summed E-state index contributed by atoms with van der Waals surface area (Å²) in [6, 6.07) is 15.5. The van der Waals surface area contributed by atoms with E-state index in [1.54, 1.807) is 4.90 Å². The number of fused-ring (bicyclic) bond motifs is 2. The zero-order chi connectivity index (χ0) is 29.9. The van der Waals surface area contributed by atoms with Crippen molar-refractivity contribution in [1.29, 1.82) is 5.26 Å². The van der Waals surface area contributed by atoms with E-state index in [1.807, 2.05) is 0 Å². The summed E-state index contributed by atoms with van der Waals surface area (Å²) in [4.78, 5) is 31.6. The van der Waals surface area contributed by atoms with Crippen LogP contribution in [0.1, 0.15) is 41.9 Å². The van der Waals surface area contributed by atoms with E-state index in [2.05, 4.69) is 77.7 Å². The highest BCUT2D eigenvalue weighted by molar-refractivity contribution is 5.97. The maximum absolute atomic E-state index is 12.5. The molecule has 6 rings (SSSR count). The summed E-state index contributed by atoms with van der Waals surface area (Å²) in [7, 11) is 2.16. The predicted octanol–water partition coefficient (Wildman–Crippen LogP) is 4.23. The SMILES string of the molecule is C=CC(=O)N1CCN(c2nc(COC[C@@H]3CCCN3C)nc3c2CCN(c2cccc4cccc(C)c24)C3)C[C@@H]1CC#N. The van der Waals surface area contributed by atoms with E-state index >= 15 is 0 Å². The van der Waals surface area contributed by atoms with Gasteiger partial charge in [-0.1, -0.05) is 36.9 Å². The molecule has 4 heterocycles. The lowest BCUT2D eigenvalue weighted by molar-refractivity contribution is -0.128. The molecule has 9 heteroatoms. The van der Waals surface area contributed by atoms with Crippen molar-refractivity contribution in [3.8, 4) is 6.07 Å². The smallest absolute Gasteiger partial charge is 0.246 e. The van der Waals surface area contributed by atoms with E-state index in [9.17, 15) is 10.1 Å². The van der Waals surface area contributed by atoms with Crippen molar-refractivity contribution >= 4 is 28.2 Å². The lowest BCUT2D eigenvalue weighted by atomic mass is 9.99. The van der Waals surface area contributed by atoms with Crippen molar-refractivity contribution in [2.45, 2.75) is 57.8 Å². The Morgan fingerprint density at radius 1 is 1.12 bits per heavy atom. The molecule has 3 aliphatic rings. The van der Waals surface area contributed by atoms with E-state index in [0.29, 0.717) is 51.3 Å². The number of nitriles is 1. The van der Waals surface area contributed by atoms with E-state index in [4.69, 9.17) is 14.7 Å². The Morgan fingerprint density at radius 2 is 1.95 bits per heavy atom. The monoisotopic (exact) mass is 579 g/mol. The number of amides is 1. The molecule has 9 nitrogen and oxygen atoms in total. The van der Waals surface area contributed by atoms with Gasteiger partial charge in [-0.15, -0.1) is 0 Å². The maximum atomic E-state index is 12.5. The van der Waals surface area contributed by atoms with Crippen molar-refractivity contribution in [3.05, 3.63) is 71.7 Å². The number of piperazine rings is 1. The average Bonchev–Trinajstić information content (AvgIpc) is 3.44. The first-order valence-electron chi connectivity index (χ1n) is 15.4. The van der Waals surface area contributed by atoms with Crippen molar-refractivity contribution in [1.82, 2.24) is 19.8 Å². The number of nitrogens with zero attached hydrogens (tertiary/aromatic N) is 7. The largest absolute Gasteiger partial charge is 0.372 e. The van der Waals surface area contributed by atoms with Gasteiger partial charge in [0, 0.05) is 48.9 Å². The van der Waals surface area contributed by atoms with Crippen LogP contribution in [-0.2, 0) is 29.1 Å². The van der Waals surface area contributed by atoms with Crippen LogP contribution in [0, 0.1) is 18.3 Å². The molecular weight excluding hydrogens is 538 g/mol. The molecule has 0 saturated carbocycles. The standard InChI is InChI=1S/C34H41N7O2/c1-4-32(42)41-19-18-40(20-26(41)13-15-35)34-28-14-17-39(30-12-6-10-25-9-5-8-24(2)33(25)30)21-29(28)36-31(37-34)23-43-22-27-11-7-16-38(27)3/h4-6,8-10,12,26-27H,1,7,11,13-14,16-23H2,2-3H3/t26-,27-/m0/s1. The normalized spacial score (nSPS) is 20.7. The number of likely N-dealkylation sites (tertiary alicyclic amines) is 1. The molecule has 0 bridgehead atoms. The van der Waals surface area contributed by atoms with Gasteiger partial charge in [-0.05, 0) is 62.9 Å². The highest BCUT2D eigenvalue weighted by Gasteiger charge is 2.33. The first-order valence-corrected chi connectivity index (χ1v) is 15.4. The Morgan fingerprint density at radius 3 is 2.72 bits per heavy atom. The highest BCUT2D eigenvalue weighted by atomic mass is 16.5. The third kappa shape index (κ3) is 5.95. The fourth-order valence-corrected chi connectivity index (χ4v) is 6.97. The number of hydrogen-bond donors (Lipinski definition) is 0. The third-order valence-corrected chi connectivity index (χ3v) is 9.30. The zero-order valence-corrected chi connectivity index (χ0v) is 25.3. The number of ether oxygens (including phenoxy) is 1. The predicted molar refractivity (Wildman–Crippen MR) is 169 cm³/mol. The second kappa shape index (κ2) is 12.7. The van der Waals surface area contributed by atoms with Crippen LogP contribution in [0.15, 0.2) is 49.1 Å². The Kier molecular flexibility index (Phi) is 8.59. The van der Waals surface area contributed by atoms with Crippen LogP contribution in [0.5, 0.6) is 0 Å². The molecule has 0 N–H and O–H groups in total. The number of carbonyl (C=O) groups excluding carboxylic acids is 1. The van der Waals surface area contributed by atoms with Crippen LogP contribution in [0.25, 0.3) is 10.8 Å². The van der Waals surface area contributed by atoms with Crippen LogP contribution in [0.2, 0.25) is 0 Å². The van der Waals surface area contributed by atoms with Crippen molar-refractivity contribution < 1.29 is 9.53 Å². The highest BCUT2D eigenvalue weighted by Crippen LogP contribution is 2.35. The second-order valence-electron chi connectivity index (χ2n) is 12.0. The molecule has 43 heavy (non-hydrogen) atoms. The number of anilines is 2. The summed E-state index contributed by atoms with van der Waals surface area (Å²) < 4.78 is 6.21. The van der Waals surface area contributed by atoms with Crippen LogP contribution >= 0.6 is 0 Å². The Hall–Kier alpha value is -4.00. The molecule has 2 atom stereocenters. The summed E-state index contributed by atoms with van der Waals surface area (Å²) in [6.45, 7) is 11.2. The molecular formula is C34H41N7O2. The molecule has 2 fully saturated rings. The van der Waals surface area contributed by atoms with Gasteiger partial charge < -0.3 is 24.3 Å². The number of aromatic nitrogens is 2. The Balaban J connectivity index is 1.31. The summed E-state index contributed by atoms with van der Waals surface area (Å²) in [6.07, 6.45) is 4.78. The van der Waals surface area contributed by atoms with Crippen molar-refractivity contribution in [3.63, 3.8) is 0 Å². The molecule has 2 aromatic carbocycles. The molecule has 224 valence electrons. The molecule has 3 aromatic rings. The van der Waals surface area contributed by atoms with Crippen LogP contribution in [0.4, 0.5) is 11.5 Å². The van der Waals surface area contributed by atoms with Gasteiger partial charge in [-0.3, -0.25) is 4.79 Å². The van der Waals surface area contributed by atoms with Crippen molar-refractivity contribution in [2.24, 2.45) is 0 Å². The number of carbonyl (C=O) groups is 1. The van der Waals surface area contributed by atoms with Gasteiger partial charge in [0.1, 0.15) is 12.4 Å². The third-order valence-electron chi connectivity index (χ3n) is 9.30. The van der Waals surface area contributed by atoms with Crippen LogP contribution in [0.3, 0.4) is 0 Å².